The molecule has 6 heteroatoms. The quantitative estimate of drug-likeness (QED) is 0.921. The normalized spacial score (nSPS) is 12.7. The second-order valence-corrected chi connectivity index (χ2v) is 6.19. The zero-order chi connectivity index (χ0) is 14.0. The van der Waals surface area contributed by atoms with Crippen LogP contribution in [0.4, 0.5) is 0 Å². The summed E-state index contributed by atoms with van der Waals surface area (Å²) in [4.78, 5) is 1.23. The van der Waals surface area contributed by atoms with Gasteiger partial charge in [-0.05, 0) is 26.0 Å². The van der Waals surface area contributed by atoms with Crippen molar-refractivity contribution in [2.24, 2.45) is 7.05 Å². The van der Waals surface area contributed by atoms with Crippen LogP contribution < -0.4 is 10.1 Å². The largest absolute Gasteiger partial charge is 0.481 e. The average molecular weight is 300 g/mol. The number of aryl methyl sites for hydroxylation is 2. The number of aromatic nitrogens is 2. The van der Waals surface area contributed by atoms with E-state index in [4.69, 9.17) is 16.3 Å². The van der Waals surface area contributed by atoms with E-state index in [2.05, 4.69) is 23.4 Å². The molecule has 1 N–H and O–H groups in total. The van der Waals surface area contributed by atoms with E-state index in [9.17, 15) is 0 Å². The fraction of sp³-hybridized carbons (Fsp3) is 0.462. The van der Waals surface area contributed by atoms with Crippen LogP contribution in [0.3, 0.4) is 0 Å². The highest BCUT2D eigenvalue weighted by Crippen LogP contribution is 2.27. The molecule has 0 aliphatic carbocycles. The molecule has 104 valence electrons. The van der Waals surface area contributed by atoms with Crippen LogP contribution in [0.2, 0.25) is 4.34 Å². The zero-order valence-corrected chi connectivity index (χ0v) is 13.1. The number of thiophene rings is 1. The molecule has 2 aromatic heterocycles. The van der Waals surface area contributed by atoms with E-state index >= 15 is 0 Å². The van der Waals surface area contributed by atoms with Crippen molar-refractivity contribution in [3.63, 3.8) is 0 Å². The Morgan fingerprint density at radius 1 is 1.53 bits per heavy atom. The molecule has 0 saturated carbocycles. The van der Waals surface area contributed by atoms with Crippen molar-refractivity contribution in [1.82, 2.24) is 15.1 Å². The molecule has 1 unspecified atom stereocenters. The van der Waals surface area contributed by atoms with Crippen LogP contribution in [-0.4, -0.2) is 16.9 Å². The van der Waals surface area contributed by atoms with Crippen molar-refractivity contribution in [2.45, 2.75) is 26.4 Å². The van der Waals surface area contributed by atoms with E-state index < -0.39 is 0 Å². The topological polar surface area (TPSA) is 39.1 Å². The lowest BCUT2D eigenvalue weighted by atomic mass is 10.2. The maximum absolute atomic E-state index is 5.96. The molecular weight excluding hydrogens is 282 g/mol. The number of methoxy groups -OCH3 is 1. The van der Waals surface area contributed by atoms with Crippen molar-refractivity contribution in [1.29, 1.82) is 0 Å². The molecule has 0 aliphatic rings. The third-order valence-corrected chi connectivity index (χ3v) is 4.50. The Kier molecular flexibility index (Phi) is 4.50. The third-order valence-electron chi connectivity index (χ3n) is 3.09. The van der Waals surface area contributed by atoms with Gasteiger partial charge in [-0.25, -0.2) is 4.68 Å². The van der Waals surface area contributed by atoms with Crippen LogP contribution in [0.1, 0.15) is 29.1 Å². The van der Waals surface area contributed by atoms with Gasteiger partial charge in [0.1, 0.15) is 0 Å². The van der Waals surface area contributed by atoms with Crippen molar-refractivity contribution >= 4 is 22.9 Å². The van der Waals surface area contributed by atoms with Gasteiger partial charge in [0.25, 0.3) is 0 Å². The standard InChI is InChI=1S/C13H18ClN3OS/c1-8-10(13(18-4)17(3)16-8)7-15-9(2)11-5-6-12(14)19-11/h5-6,9,15H,7H2,1-4H3. The summed E-state index contributed by atoms with van der Waals surface area (Å²) in [6, 6.07) is 4.23. The first-order chi connectivity index (χ1) is 9.02. The lowest BCUT2D eigenvalue weighted by molar-refractivity contribution is 0.367. The second-order valence-electron chi connectivity index (χ2n) is 4.44. The molecule has 0 bridgehead atoms. The predicted molar refractivity (Wildman–Crippen MR) is 79.1 cm³/mol. The highest BCUT2D eigenvalue weighted by Gasteiger charge is 2.15. The summed E-state index contributed by atoms with van der Waals surface area (Å²) in [6.07, 6.45) is 0. The van der Waals surface area contributed by atoms with Crippen LogP contribution in [-0.2, 0) is 13.6 Å². The summed E-state index contributed by atoms with van der Waals surface area (Å²) in [6.45, 7) is 4.84. The SMILES string of the molecule is COc1c(CNC(C)c2ccc(Cl)s2)c(C)nn1C. The lowest BCUT2D eigenvalue weighted by Gasteiger charge is -2.12. The van der Waals surface area contributed by atoms with E-state index in [-0.39, 0.29) is 6.04 Å². The summed E-state index contributed by atoms with van der Waals surface area (Å²) in [5.41, 5.74) is 2.09. The number of nitrogens with one attached hydrogen (secondary N) is 1. The lowest BCUT2D eigenvalue weighted by Crippen LogP contribution is -2.17. The van der Waals surface area contributed by atoms with Gasteiger partial charge in [-0.2, -0.15) is 5.10 Å². The fourth-order valence-electron chi connectivity index (χ4n) is 2.06. The van der Waals surface area contributed by atoms with Gasteiger partial charge in [-0.3, -0.25) is 0 Å². The number of rotatable bonds is 5. The van der Waals surface area contributed by atoms with Crippen molar-refractivity contribution in [2.75, 3.05) is 7.11 Å². The fourth-order valence-corrected chi connectivity index (χ4v) is 3.14. The Balaban J connectivity index is 2.06. The number of ether oxygens (including phenoxy) is 1. The van der Waals surface area contributed by atoms with Crippen molar-refractivity contribution in [3.8, 4) is 5.88 Å². The molecule has 0 fully saturated rings. The van der Waals surface area contributed by atoms with E-state index in [0.717, 1.165) is 28.0 Å². The number of halogens is 1. The first kappa shape index (κ1) is 14.4. The van der Waals surface area contributed by atoms with Gasteiger partial charge in [0.2, 0.25) is 5.88 Å². The molecule has 2 rings (SSSR count). The van der Waals surface area contributed by atoms with Gasteiger partial charge in [0.15, 0.2) is 0 Å². The van der Waals surface area contributed by atoms with Gasteiger partial charge in [-0.1, -0.05) is 11.6 Å². The van der Waals surface area contributed by atoms with Crippen molar-refractivity contribution < 1.29 is 4.74 Å². The molecule has 1 atom stereocenters. The van der Waals surface area contributed by atoms with E-state index in [1.807, 2.05) is 20.0 Å². The monoisotopic (exact) mass is 299 g/mol. The minimum absolute atomic E-state index is 0.252. The van der Waals surface area contributed by atoms with Crippen LogP contribution in [0, 0.1) is 6.92 Å². The minimum Gasteiger partial charge on any atom is -0.481 e. The Morgan fingerprint density at radius 2 is 2.26 bits per heavy atom. The summed E-state index contributed by atoms with van der Waals surface area (Å²) in [7, 11) is 3.56. The Hall–Kier alpha value is -1.04. The molecule has 19 heavy (non-hydrogen) atoms. The van der Waals surface area contributed by atoms with Gasteiger partial charge in [-0.15, -0.1) is 11.3 Å². The van der Waals surface area contributed by atoms with Gasteiger partial charge >= 0.3 is 0 Å². The number of nitrogens with zero attached hydrogens (tertiary/aromatic N) is 2. The molecule has 0 aromatic carbocycles. The number of hydrogen-bond acceptors (Lipinski definition) is 4. The summed E-state index contributed by atoms with van der Waals surface area (Å²) in [5.74, 6) is 0.807. The highest BCUT2D eigenvalue weighted by atomic mass is 35.5. The maximum Gasteiger partial charge on any atom is 0.216 e. The molecule has 0 spiro atoms. The smallest absolute Gasteiger partial charge is 0.216 e. The second kappa shape index (κ2) is 5.94. The number of hydrogen-bond donors (Lipinski definition) is 1. The van der Waals surface area contributed by atoms with Crippen LogP contribution in [0.15, 0.2) is 12.1 Å². The molecule has 0 radical (unpaired) electrons. The highest BCUT2D eigenvalue weighted by molar-refractivity contribution is 7.16. The molecule has 0 amide bonds. The molecule has 0 saturated heterocycles. The average Bonchev–Trinajstić information content (AvgIpc) is 2.90. The zero-order valence-electron chi connectivity index (χ0n) is 11.5. The minimum atomic E-state index is 0.252. The van der Waals surface area contributed by atoms with Gasteiger partial charge in [0, 0.05) is 24.5 Å². The van der Waals surface area contributed by atoms with Gasteiger partial charge < -0.3 is 10.1 Å². The van der Waals surface area contributed by atoms with Gasteiger partial charge in [0.05, 0.1) is 22.7 Å². The summed E-state index contributed by atoms with van der Waals surface area (Å²) < 4.78 is 7.96. The predicted octanol–water partition coefficient (Wildman–Crippen LogP) is 3.30. The molecule has 0 aliphatic heterocycles. The molecule has 4 nitrogen and oxygen atoms in total. The van der Waals surface area contributed by atoms with E-state index in [0.29, 0.717) is 0 Å². The summed E-state index contributed by atoms with van der Waals surface area (Å²) in [5, 5.41) is 7.85. The molecule has 2 aromatic rings. The first-order valence-electron chi connectivity index (χ1n) is 6.08. The third kappa shape index (κ3) is 3.11. The summed E-state index contributed by atoms with van der Waals surface area (Å²) >= 11 is 7.56. The molecule has 2 heterocycles. The van der Waals surface area contributed by atoms with E-state index in [1.54, 1.807) is 23.1 Å². The maximum atomic E-state index is 5.96. The Bertz CT molecular complexity index is 564. The Morgan fingerprint density at radius 3 is 2.84 bits per heavy atom. The Labute approximate surface area is 122 Å². The van der Waals surface area contributed by atoms with Crippen molar-refractivity contribution in [3.05, 3.63) is 32.6 Å². The first-order valence-corrected chi connectivity index (χ1v) is 7.27. The van der Waals surface area contributed by atoms with Crippen LogP contribution >= 0.6 is 22.9 Å². The molecular formula is C13H18ClN3OS. The van der Waals surface area contributed by atoms with E-state index in [1.165, 1.54) is 4.88 Å². The van der Waals surface area contributed by atoms with Crippen LogP contribution in [0.25, 0.3) is 0 Å². The van der Waals surface area contributed by atoms with Crippen LogP contribution in [0.5, 0.6) is 5.88 Å².